The van der Waals surface area contributed by atoms with Gasteiger partial charge in [0.25, 0.3) is 0 Å². The SMILES string of the molecule is CCCNc1ncccc1COC1CCCCCC1. The van der Waals surface area contributed by atoms with Crippen molar-refractivity contribution in [2.45, 2.75) is 64.6 Å². The number of ether oxygens (including phenoxy) is 1. The fourth-order valence-corrected chi connectivity index (χ4v) is 2.57. The summed E-state index contributed by atoms with van der Waals surface area (Å²) in [6.07, 6.45) is 11.2. The van der Waals surface area contributed by atoms with Crippen molar-refractivity contribution in [2.75, 3.05) is 11.9 Å². The van der Waals surface area contributed by atoms with E-state index in [0.29, 0.717) is 12.7 Å². The van der Waals surface area contributed by atoms with Crippen LogP contribution in [0.5, 0.6) is 0 Å². The van der Waals surface area contributed by atoms with Crippen LogP contribution in [-0.2, 0) is 11.3 Å². The van der Waals surface area contributed by atoms with Crippen LogP contribution in [0.25, 0.3) is 0 Å². The monoisotopic (exact) mass is 262 g/mol. The van der Waals surface area contributed by atoms with Crippen LogP contribution in [-0.4, -0.2) is 17.6 Å². The fraction of sp³-hybridized carbons (Fsp3) is 0.688. The summed E-state index contributed by atoms with van der Waals surface area (Å²) < 4.78 is 6.09. The lowest BCUT2D eigenvalue weighted by Crippen LogP contribution is -2.13. The van der Waals surface area contributed by atoms with Gasteiger partial charge in [-0.05, 0) is 25.3 Å². The second-order valence-electron chi connectivity index (χ2n) is 5.36. The van der Waals surface area contributed by atoms with E-state index in [0.717, 1.165) is 18.8 Å². The molecule has 1 N–H and O–H groups in total. The zero-order chi connectivity index (χ0) is 13.3. The molecule has 2 rings (SSSR count). The standard InChI is InChI=1S/C16H26N2O/c1-2-11-17-16-14(8-7-12-18-16)13-19-15-9-5-3-4-6-10-15/h7-8,12,15H,2-6,9-11,13H2,1H3,(H,17,18). The molecule has 0 spiro atoms. The molecule has 0 unspecified atom stereocenters. The Balaban J connectivity index is 1.87. The molecule has 0 bridgehead atoms. The number of nitrogens with zero attached hydrogens (tertiary/aromatic N) is 1. The van der Waals surface area contributed by atoms with Gasteiger partial charge in [0.2, 0.25) is 0 Å². The number of aromatic nitrogens is 1. The average molecular weight is 262 g/mol. The first-order valence-corrected chi connectivity index (χ1v) is 7.69. The fourth-order valence-electron chi connectivity index (χ4n) is 2.57. The molecule has 3 nitrogen and oxygen atoms in total. The Morgan fingerprint density at radius 3 is 2.79 bits per heavy atom. The third kappa shape index (κ3) is 4.83. The molecule has 0 aliphatic heterocycles. The van der Waals surface area contributed by atoms with Crippen LogP contribution in [0.2, 0.25) is 0 Å². The Kier molecular flexibility index (Phi) is 6.15. The Bertz CT molecular complexity index is 360. The summed E-state index contributed by atoms with van der Waals surface area (Å²) in [5, 5.41) is 3.37. The van der Waals surface area contributed by atoms with Crippen LogP contribution in [0.4, 0.5) is 5.82 Å². The molecule has 0 amide bonds. The minimum absolute atomic E-state index is 0.446. The van der Waals surface area contributed by atoms with Crippen LogP contribution < -0.4 is 5.32 Å². The van der Waals surface area contributed by atoms with E-state index in [1.54, 1.807) is 0 Å². The summed E-state index contributed by atoms with van der Waals surface area (Å²) in [5.41, 5.74) is 1.18. The molecule has 0 atom stereocenters. The number of hydrogen-bond acceptors (Lipinski definition) is 3. The van der Waals surface area contributed by atoms with Crippen molar-refractivity contribution in [1.82, 2.24) is 4.98 Å². The molecule has 0 aromatic carbocycles. The van der Waals surface area contributed by atoms with Crippen LogP contribution in [0.15, 0.2) is 18.3 Å². The lowest BCUT2D eigenvalue weighted by molar-refractivity contribution is 0.0311. The van der Waals surface area contributed by atoms with Crippen molar-refractivity contribution in [3.8, 4) is 0 Å². The van der Waals surface area contributed by atoms with Crippen LogP contribution in [0.1, 0.15) is 57.4 Å². The molecule has 1 saturated carbocycles. The summed E-state index contributed by atoms with van der Waals surface area (Å²) in [4.78, 5) is 4.41. The largest absolute Gasteiger partial charge is 0.373 e. The van der Waals surface area contributed by atoms with Crippen LogP contribution >= 0.6 is 0 Å². The molecular formula is C16H26N2O. The normalized spacial score (nSPS) is 17.1. The van der Waals surface area contributed by atoms with Crippen molar-refractivity contribution < 1.29 is 4.74 Å². The third-order valence-corrected chi connectivity index (χ3v) is 3.71. The molecule has 19 heavy (non-hydrogen) atoms. The minimum atomic E-state index is 0.446. The molecule has 0 saturated heterocycles. The van der Waals surface area contributed by atoms with E-state index in [2.05, 4.69) is 23.3 Å². The van der Waals surface area contributed by atoms with Gasteiger partial charge >= 0.3 is 0 Å². The summed E-state index contributed by atoms with van der Waals surface area (Å²) in [7, 11) is 0. The van der Waals surface area contributed by atoms with Gasteiger partial charge in [-0.2, -0.15) is 0 Å². The topological polar surface area (TPSA) is 34.2 Å². The zero-order valence-electron chi connectivity index (χ0n) is 12.0. The Morgan fingerprint density at radius 1 is 1.26 bits per heavy atom. The second kappa shape index (κ2) is 8.16. The summed E-state index contributed by atoms with van der Waals surface area (Å²) in [6, 6.07) is 4.10. The third-order valence-electron chi connectivity index (χ3n) is 3.71. The van der Waals surface area contributed by atoms with Gasteiger partial charge in [-0.15, -0.1) is 0 Å². The van der Waals surface area contributed by atoms with Crippen molar-refractivity contribution in [2.24, 2.45) is 0 Å². The van der Waals surface area contributed by atoms with E-state index >= 15 is 0 Å². The van der Waals surface area contributed by atoms with Gasteiger partial charge in [0.05, 0.1) is 12.7 Å². The maximum Gasteiger partial charge on any atom is 0.131 e. The summed E-state index contributed by atoms with van der Waals surface area (Å²) in [6.45, 7) is 3.82. The highest BCUT2D eigenvalue weighted by Gasteiger charge is 2.13. The van der Waals surface area contributed by atoms with Crippen LogP contribution in [0, 0.1) is 0 Å². The quantitative estimate of drug-likeness (QED) is 0.782. The number of anilines is 1. The molecule has 106 valence electrons. The van der Waals surface area contributed by atoms with Gasteiger partial charge in [-0.3, -0.25) is 0 Å². The van der Waals surface area contributed by atoms with Gasteiger partial charge in [0.15, 0.2) is 0 Å². The zero-order valence-corrected chi connectivity index (χ0v) is 12.0. The highest BCUT2D eigenvalue weighted by molar-refractivity contribution is 5.43. The van der Waals surface area contributed by atoms with Crippen molar-refractivity contribution in [3.05, 3.63) is 23.9 Å². The number of pyridine rings is 1. The van der Waals surface area contributed by atoms with Crippen molar-refractivity contribution in [1.29, 1.82) is 0 Å². The maximum absolute atomic E-state index is 6.09. The first-order chi connectivity index (χ1) is 9.40. The molecule has 3 heteroatoms. The van der Waals surface area contributed by atoms with E-state index in [4.69, 9.17) is 4.74 Å². The van der Waals surface area contributed by atoms with E-state index in [1.807, 2.05) is 12.3 Å². The smallest absolute Gasteiger partial charge is 0.131 e. The minimum Gasteiger partial charge on any atom is -0.373 e. The van der Waals surface area contributed by atoms with Crippen molar-refractivity contribution in [3.63, 3.8) is 0 Å². The van der Waals surface area contributed by atoms with Gasteiger partial charge in [-0.1, -0.05) is 38.7 Å². The first kappa shape index (κ1) is 14.3. The lowest BCUT2D eigenvalue weighted by Gasteiger charge is -2.17. The highest BCUT2D eigenvalue weighted by atomic mass is 16.5. The lowest BCUT2D eigenvalue weighted by atomic mass is 10.1. The van der Waals surface area contributed by atoms with E-state index in [1.165, 1.54) is 44.1 Å². The Morgan fingerprint density at radius 2 is 2.05 bits per heavy atom. The molecule has 0 radical (unpaired) electrons. The van der Waals surface area contributed by atoms with E-state index < -0.39 is 0 Å². The number of rotatable bonds is 6. The highest BCUT2D eigenvalue weighted by Crippen LogP contribution is 2.22. The molecule has 1 aliphatic rings. The Labute approximate surface area is 116 Å². The van der Waals surface area contributed by atoms with E-state index in [-0.39, 0.29) is 0 Å². The summed E-state index contributed by atoms with van der Waals surface area (Å²) in [5.74, 6) is 0.984. The molecule has 1 aliphatic carbocycles. The number of nitrogens with one attached hydrogen (secondary N) is 1. The summed E-state index contributed by atoms with van der Waals surface area (Å²) >= 11 is 0. The Hall–Kier alpha value is -1.09. The van der Waals surface area contributed by atoms with Gasteiger partial charge in [-0.25, -0.2) is 4.98 Å². The van der Waals surface area contributed by atoms with E-state index in [9.17, 15) is 0 Å². The van der Waals surface area contributed by atoms with Crippen LogP contribution in [0.3, 0.4) is 0 Å². The molecule has 1 aromatic heterocycles. The molecular weight excluding hydrogens is 236 g/mol. The predicted molar refractivity (Wildman–Crippen MR) is 79.3 cm³/mol. The van der Waals surface area contributed by atoms with Gasteiger partial charge < -0.3 is 10.1 Å². The first-order valence-electron chi connectivity index (χ1n) is 7.69. The van der Waals surface area contributed by atoms with Crippen molar-refractivity contribution >= 4 is 5.82 Å². The second-order valence-corrected chi connectivity index (χ2v) is 5.36. The maximum atomic E-state index is 6.09. The molecule has 1 aromatic rings. The van der Waals surface area contributed by atoms with Gasteiger partial charge in [0, 0.05) is 18.3 Å². The molecule has 1 fully saturated rings. The van der Waals surface area contributed by atoms with Gasteiger partial charge in [0.1, 0.15) is 5.82 Å². The average Bonchev–Trinajstić information content (AvgIpc) is 2.72. The predicted octanol–water partition coefficient (Wildman–Crippen LogP) is 4.14. The number of hydrogen-bond donors (Lipinski definition) is 1. The molecule has 1 heterocycles.